The largest absolute Gasteiger partial charge is 0.480 e. The second-order valence-electron chi connectivity index (χ2n) is 5.13. The highest BCUT2D eigenvalue weighted by Gasteiger charge is 2.31. The molecule has 0 bridgehead atoms. The molecule has 0 saturated heterocycles. The summed E-state index contributed by atoms with van der Waals surface area (Å²) in [6.07, 6.45) is -4.76. The first kappa shape index (κ1) is 17.5. The van der Waals surface area contributed by atoms with Gasteiger partial charge >= 0.3 is 12.1 Å². The van der Waals surface area contributed by atoms with Gasteiger partial charge in [-0.3, -0.25) is 4.79 Å². The zero-order valence-electron chi connectivity index (χ0n) is 12.4. The number of carbonyl (C=O) groups excluding carboxylic acids is 1. The SMILES string of the molecule is O=C(N[C@@H](Cc1cccc(C(F)(F)F)c1)C(=O)O)c1ccccc1. The molecular formula is C17H14F3NO3. The molecule has 0 fully saturated rings. The molecule has 7 heteroatoms. The van der Waals surface area contributed by atoms with Crippen molar-refractivity contribution in [2.75, 3.05) is 0 Å². The van der Waals surface area contributed by atoms with Crippen LogP contribution in [-0.2, 0) is 17.4 Å². The molecule has 0 radical (unpaired) electrons. The van der Waals surface area contributed by atoms with E-state index in [1.54, 1.807) is 18.2 Å². The van der Waals surface area contributed by atoms with Gasteiger partial charge in [0.1, 0.15) is 6.04 Å². The monoisotopic (exact) mass is 337 g/mol. The van der Waals surface area contributed by atoms with Gasteiger partial charge in [0.15, 0.2) is 0 Å². The van der Waals surface area contributed by atoms with Gasteiger partial charge in [0.2, 0.25) is 0 Å². The quantitative estimate of drug-likeness (QED) is 0.881. The van der Waals surface area contributed by atoms with E-state index in [1.807, 2.05) is 0 Å². The summed E-state index contributed by atoms with van der Waals surface area (Å²) < 4.78 is 38.1. The van der Waals surface area contributed by atoms with E-state index >= 15 is 0 Å². The van der Waals surface area contributed by atoms with Crippen LogP contribution in [-0.4, -0.2) is 23.0 Å². The van der Waals surface area contributed by atoms with Crippen molar-refractivity contribution in [2.24, 2.45) is 0 Å². The van der Waals surface area contributed by atoms with E-state index in [9.17, 15) is 27.9 Å². The van der Waals surface area contributed by atoms with Gasteiger partial charge in [-0.2, -0.15) is 13.2 Å². The molecule has 0 aliphatic heterocycles. The smallest absolute Gasteiger partial charge is 0.416 e. The van der Waals surface area contributed by atoms with Crippen molar-refractivity contribution in [1.82, 2.24) is 5.32 Å². The molecule has 0 unspecified atom stereocenters. The van der Waals surface area contributed by atoms with Crippen molar-refractivity contribution in [2.45, 2.75) is 18.6 Å². The van der Waals surface area contributed by atoms with Gasteiger partial charge in [-0.1, -0.05) is 36.4 Å². The van der Waals surface area contributed by atoms with Crippen LogP contribution in [0.2, 0.25) is 0 Å². The molecule has 0 heterocycles. The summed E-state index contributed by atoms with van der Waals surface area (Å²) in [5, 5.41) is 11.5. The Morgan fingerprint density at radius 1 is 1.04 bits per heavy atom. The summed E-state index contributed by atoms with van der Waals surface area (Å²) in [4.78, 5) is 23.3. The minimum atomic E-state index is -4.51. The number of carboxylic acids is 1. The van der Waals surface area contributed by atoms with Crippen LogP contribution in [0.25, 0.3) is 0 Å². The lowest BCUT2D eigenvalue weighted by Crippen LogP contribution is -2.42. The molecule has 1 atom stereocenters. The Morgan fingerprint density at radius 3 is 2.29 bits per heavy atom. The van der Waals surface area contributed by atoms with E-state index in [0.717, 1.165) is 12.1 Å². The maximum atomic E-state index is 12.7. The minimum absolute atomic E-state index is 0.172. The van der Waals surface area contributed by atoms with Crippen LogP contribution in [0.1, 0.15) is 21.5 Å². The highest BCUT2D eigenvalue weighted by molar-refractivity contribution is 5.96. The maximum absolute atomic E-state index is 12.7. The van der Waals surface area contributed by atoms with E-state index < -0.39 is 29.7 Å². The molecule has 0 aromatic heterocycles. The number of hydrogen-bond acceptors (Lipinski definition) is 2. The Hall–Kier alpha value is -2.83. The molecule has 1 amide bonds. The number of halogens is 3. The van der Waals surface area contributed by atoms with Crippen LogP contribution in [0.15, 0.2) is 54.6 Å². The van der Waals surface area contributed by atoms with Crippen molar-refractivity contribution in [3.05, 3.63) is 71.3 Å². The minimum Gasteiger partial charge on any atom is -0.480 e. The molecule has 0 aliphatic carbocycles. The molecule has 24 heavy (non-hydrogen) atoms. The number of benzene rings is 2. The highest BCUT2D eigenvalue weighted by Crippen LogP contribution is 2.29. The molecule has 0 spiro atoms. The summed E-state index contributed by atoms with van der Waals surface area (Å²) in [6, 6.07) is 11.0. The lowest BCUT2D eigenvalue weighted by Gasteiger charge is -2.16. The first-order valence-electron chi connectivity index (χ1n) is 7.02. The van der Waals surface area contributed by atoms with Gasteiger partial charge in [-0.15, -0.1) is 0 Å². The number of carboxylic acid groups (broad SMARTS) is 1. The molecule has 2 rings (SSSR count). The summed E-state index contributed by atoms with van der Waals surface area (Å²) in [5.74, 6) is -1.92. The van der Waals surface area contributed by atoms with Crippen molar-refractivity contribution in [3.8, 4) is 0 Å². The normalized spacial score (nSPS) is 12.5. The van der Waals surface area contributed by atoms with Gasteiger partial charge in [0, 0.05) is 12.0 Å². The van der Waals surface area contributed by atoms with Crippen molar-refractivity contribution < 1.29 is 27.9 Å². The summed E-state index contributed by atoms with van der Waals surface area (Å²) in [7, 11) is 0. The van der Waals surface area contributed by atoms with Gasteiger partial charge in [-0.05, 0) is 23.8 Å². The zero-order valence-corrected chi connectivity index (χ0v) is 12.4. The van der Waals surface area contributed by atoms with Crippen LogP contribution >= 0.6 is 0 Å². The third kappa shape index (κ3) is 4.58. The molecular weight excluding hydrogens is 323 g/mol. The van der Waals surface area contributed by atoms with Crippen LogP contribution < -0.4 is 5.32 Å². The lowest BCUT2D eigenvalue weighted by atomic mass is 10.0. The van der Waals surface area contributed by atoms with Crippen molar-refractivity contribution in [1.29, 1.82) is 0 Å². The summed E-state index contributed by atoms with van der Waals surface area (Å²) >= 11 is 0. The second-order valence-corrected chi connectivity index (χ2v) is 5.13. The number of alkyl halides is 3. The van der Waals surface area contributed by atoms with Crippen molar-refractivity contribution >= 4 is 11.9 Å². The third-order valence-electron chi connectivity index (χ3n) is 3.33. The fourth-order valence-electron chi connectivity index (χ4n) is 2.14. The third-order valence-corrected chi connectivity index (χ3v) is 3.33. The maximum Gasteiger partial charge on any atom is 0.416 e. The van der Waals surface area contributed by atoms with Gasteiger partial charge in [0.25, 0.3) is 5.91 Å². The Labute approximate surface area is 135 Å². The number of hydrogen-bond donors (Lipinski definition) is 2. The topological polar surface area (TPSA) is 66.4 Å². The predicted octanol–water partition coefficient (Wildman–Crippen LogP) is 3.13. The molecule has 2 N–H and O–H groups in total. The van der Waals surface area contributed by atoms with E-state index in [4.69, 9.17) is 0 Å². The number of nitrogens with one attached hydrogen (secondary N) is 1. The Bertz CT molecular complexity index is 729. The Kier molecular flexibility index (Phi) is 5.23. The molecule has 2 aromatic carbocycles. The number of rotatable bonds is 5. The number of amides is 1. The highest BCUT2D eigenvalue weighted by atomic mass is 19.4. The molecule has 0 aliphatic rings. The Balaban J connectivity index is 2.15. The lowest BCUT2D eigenvalue weighted by molar-refractivity contribution is -0.139. The first-order valence-corrected chi connectivity index (χ1v) is 7.02. The number of carbonyl (C=O) groups is 2. The molecule has 0 saturated carbocycles. The predicted molar refractivity (Wildman–Crippen MR) is 80.5 cm³/mol. The first-order chi connectivity index (χ1) is 11.3. The van der Waals surface area contributed by atoms with Crippen LogP contribution in [0, 0.1) is 0 Å². The van der Waals surface area contributed by atoms with Crippen LogP contribution in [0.3, 0.4) is 0 Å². The van der Waals surface area contributed by atoms with E-state index in [0.29, 0.717) is 0 Å². The average molecular weight is 337 g/mol. The van der Waals surface area contributed by atoms with Crippen LogP contribution in [0.4, 0.5) is 13.2 Å². The van der Waals surface area contributed by atoms with E-state index in [1.165, 1.54) is 24.3 Å². The fraction of sp³-hybridized carbons (Fsp3) is 0.176. The summed E-state index contributed by atoms with van der Waals surface area (Å²) in [5.41, 5.74) is -0.420. The fourth-order valence-corrected chi connectivity index (χ4v) is 2.14. The Morgan fingerprint density at radius 2 is 1.71 bits per heavy atom. The van der Waals surface area contributed by atoms with Gasteiger partial charge < -0.3 is 10.4 Å². The van der Waals surface area contributed by atoms with E-state index in [-0.39, 0.29) is 17.5 Å². The molecule has 2 aromatic rings. The summed E-state index contributed by atoms with van der Waals surface area (Å²) in [6.45, 7) is 0. The standard InChI is InChI=1S/C17H14F3NO3/c18-17(19,20)13-8-4-5-11(9-13)10-14(16(23)24)21-15(22)12-6-2-1-3-7-12/h1-9,14H,10H2,(H,21,22)(H,23,24)/t14-/m0/s1. The van der Waals surface area contributed by atoms with Gasteiger partial charge in [0.05, 0.1) is 5.56 Å². The van der Waals surface area contributed by atoms with Crippen LogP contribution in [0.5, 0.6) is 0 Å². The molecule has 126 valence electrons. The zero-order chi connectivity index (χ0) is 17.7. The van der Waals surface area contributed by atoms with E-state index in [2.05, 4.69) is 5.32 Å². The average Bonchev–Trinajstić information content (AvgIpc) is 2.54. The van der Waals surface area contributed by atoms with Gasteiger partial charge in [-0.25, -0.2) is 4.79 Å². The van der Waals surface area contributed by atoms with Crippen molar-refractivity contribution in [3.63, 3.8) is 0 Å². The second kappa shape index (κ2) is 7.16. The molecule has 4 nitrogen and oxygen atoms in total. The number of aliphatic carboxylic acids is 1.